The Balaban J connectivity index is 2.00. The molecule has 0 heterocycles. The number of aliphatic hydroxyl groups excluding tert-OH is 1. The summed E-state index contributed by atoms with van der Waals surface area (Å²) in [6.45, 7) is 2.74. The summed E-state index contributed by atoms with van der Waals surface area (Å²) in [4.78, 5) is 0. The molecule has 0 bridgehead atoms. The number of halogens is 1. The minimum atomic E-state index is -0.642. The third kappa shape index (κ3) is 4.07. The van der Waals surface area contributed by atoms with E-state index in [-0.39, 0.29) is 5.82 Å². The van der Waals surface area contributed by atoms with Gasteiger partial charge in [0.05, 0.1) is 12.7 Å². The Morgan fingerprint density at radius 3 is 2.55 bits per heavy atom. The van der Waals surface area contributed by atoms with E-state index >= 15 is 0 Å². The molecule has 1 atom stereocenters. The lowest BCUT2D eigenvalue weighted by atomic mass is 10.0. The predicted molar refractivity (Wildman–Crippen MR) is 77.3 cm³/mol. The normalized spacial score (nSPS) is 12.2. The molecule has 0 aliphatic rings. The summed E-state index contributed by atoms with van der Waals surface area (Å²) in [5, 5.41) is 10.2. The van der Waals surface area contributed by atoms with Gasteiger partial charge in [-0.15, -0.1) is 0 Å². The lowest BCUT2D eigenvalue weighted by molar-refractivity contribution is 0.178. The van der Waals surface area contributed by atoms with Gasteiger partial charge in [0, 0.05) is 6.42 Å². The number of hydrogen-bond acceptors (Lipinski definition) is 2. The van der Waals surface area contributed by atoms with E-state index in [2.05, 4.69) is 6.92 Å². The topological polar surface area (TPSA) is 29.5 Å². The molecule has 0 aromatic heterocycles. The molecule has 1 N–H and O–H groups in total. The van der Waals surface area contributed by atoms with Crippen molar-refractivity contribution in [3.63, 3.8) is 0 Å². The van der Waals surface area contributed by atoms with Gasteiger partial charge in [0.1, 0.15) is 11.6 Å². The molecule has 0 spiro atoms. The SMILES string of the molecule is CCCOc1ccc(C(O)Cc2cccc(F)c2)cc1. The molecule has 20 heavy (non-hydrogen) atoms. The molecule has 2 nitrogen and oxygen atoms in total. The first-order valence-corrected chi connectivity index (χ1v) is 6.84. The minimum absolute atomic E-state index is 0.280. The highest BCUT2D eigenvalue weighted by Crippen LogP contribution is 2.21. The van der Waals surface area contributed by atoms with Crippen LogP contribution in [0, 0.1) is 5.82 Å². The van der Waals surface area contributed by atoms with Crippen LogP contribution in [0.4, 0.5) is 4.39 Å². The van der Waals surface area contributed by atoms with Crippen LogP contribution in [0.5, 0.6) is 5.75 Å². The molecular formula is C17H19FO2. The molecule has 0 amide bonds. The smallest absolute Gasteiger partial charge is 0.123 e. The van der Waals surface area contributed by atoms with E-state index in [1.54, 1.807) is 6.07 Å². The molecule has 2 rings (SSSR count). The van der Waals surface area contributed by atoms with Crippen LogP contribution in [0.15, 0.2) is 48.5 Å². The lowest BCUT2D eigenvalue weighted by Gasteiger charge is -2.12. The molecule has 3 heteroatoms. The van der Waals surface area contributed by atoms with Crippen molar-refractivity contribution in [3.8, 4) is 5.75 Å². The van der Waals surface area contributed by atoms with Gasteiger partial charge in [0.2, 0.25) is 0 Å². The average Bonchev–Trinajstić information content (AvgIpc) is 2.45. The number of rotatable bonds is 6. The van der Waals surface area contributed by atoms with Crippen LogP contribution in [-0.2, 0) is 6.42 Å². The Morgan fingerprint density at radius 1 is 1.15 bits per heavy atom. The second-order valence-electron chi connectivity index (χ2n) is 4.77. The van der Waals surface area contributed by atoms with Crippen LogP contribution in [0.3, 0.4) is 0 Å². The summed E-state index contributed by atoms with van der Waals surface area (Å²) in [7, 11) is 0. The molecule has 0 aliphatic carbocycles. The molecule has 106 valence electrons. The van der Waals surface area contributed by atoms with Crippen molar-refractivity contribution in [1.82, 2.24) is 0 Å². The summed E-state index contributed by atoms with van der Waals surface area (Å²) >= 11 is 0. The predicted octanol–water partition coefficient (Wildman–Crippen LogP) is 3.89. The molecular weight excluding hydrogens is 255 g/mol. The summed E-state index contributed by atoms with van der Waals surface area (Å²) in [5.41, 5.74) is 1.59. The molecule has 0 saturated carbocycles. The Hall–Kier alpha value is -1.87. The van der Waals surface area contributed by atoms with Gasteiger partial charge in [-0.25, -0.2) is 4.39 Å². The van der Waals surface area contributed by atoms with Crippen LogP contribution in [0.25, 0.3) is 0 Å². The van der Waals surface area contributed by atoms with Crippen molar-refractivity contribution in [2.24, 2.45) is 0 Å². The number of benzene rings is 2. The standard InChI is InChI=1S/C17H19FO2/c1-2-10-20-16-8-6-14(7-9-16)17(19)12-13-4-3-5-15(18)11-13/h3-9,11,17,19H,2,10,12H2,1H3. The summed E-state index contributed by atoms with van der Waals surface area (Å²) in [6.07, 6.45) is 0.716. The van der Waals surface area contributed by atoms with E-state index in [1.807, 2.05) is 30.3 Å². The Kier molecular flexibility index (Phi) is 5.13. The van der Waals surface area contributed by atoms with E-state index in [0.29, 0.717) is 13.0 Å². The largest absolute Gasteiger partial charge is 0.494 e. The average molecular weight is 274 g/mol. The third-order valence-electron chi connectivity index (χ3n) is 3.06. The molecule has 0 fully saturated rings. The van der Waals surface area contributed by atoms with Gasteiger partial charge in [-0.1, -0.05) is 31.2 Å². The second kappa shape index (κ2) is 7.06. The van der Waals surface area contributed by atoms with Gasteiger partial charge < -0.3 is 9.84 Å². The van der Waals surface area contributed by atoms with Crippen molar-refractivity contribution in [2.75, 3.05) is 6.61 Å². The Bertz CT molecular complexity index is 537. The van der Waals surface area contributed by atoms with E-state index in [1.165, 1.54) is 12.1 Å². The maximum Gasteiger partial charge on any atom is 0.123 e. The fourth-order valence-electron chi connectivity index (χ4n) is 2.01. The van der Waals surface area contributed by atoms with Gasteiger partial charge in [-0.3, -0.25) is 0 Å². The zero-order chi connectivity index (χ0) is 14.4. The highest BCUT2D eigenvalue weighted by atomic mass is 19.1. The van der Waals surface area contributed by atoms with Crippen LogP contribution >= 0.6 is 0 Å². The van der Waals surface area contributed by atoms with Crippen molar-refractivity contribution in [1.29, 1.82) is 0 Å². The molecule has 2 aromatic carbocycles. The van der Waals surface area contributed by atoms with Crippen LogP contribution in [0.1, 0.15) is 30.6 Å². The lowest BCUT2D eigenvalue weighted by Crippen LogP contribution is -2.02. The van der Waals surface area contributed by atoms with Crippen molar-refractivity contribution >= 4 is 0 Å². The summed E-state index contributed by atoms with van der Waals surface area (Å²) in [5.74, 6) is 0.520. The summed E-state index contributed by atoms with van der Waals surface area (Å²) < 4.78 is 18.6. The van der Waals surface area contributed by atoms with Crippen molar-refractivity contribution in [3.05, 3.63) is 65.5 Å². The molecule has 0 saturated heterocycles. The Labute approximate surface area is 118 Å². The monoisotopic (exact) mass is 274 g/mol. The molecule has 0 radical (unpaired) electrons. The molecule has 1 unspecified atom stereocenters. The Morgan fingerprint density at radius 2 is 1.90 bits per heavy atom. The first-order chi connectivity index (χ1) is 9.69. The van der Waals surface area contributed by atoms with Gasteiger partial charge in [-0.2, -0.15) is 0 Å². The summed E-state index contributed by atoms with van der Waals surface area (Å²) in [6, 6.07) is 13.7. The van der Waals surface area contributed by atoms with Gasteiger partial charge in [0.15, 0.2) is 0 Å². The fourth-order valence-corrected chi connectivity index (χ4v) is 2.01. The van der Waals surface area contributed by atoms with E-state index in [0.717, 1.165) is 23.3 Å². The van der Waals surface area contributed by atoms with Crippen molar-refractivity contribution in [2.45, 2.75) is 25.9 Å². The maximum atomic E-state index is 13.1. The van der Waals surface area contributed by atoms with Crippen LogP contribution < -0.4 is 4.74 Å². The third-order valence-corrected chi connectivity index (χ3v) is 3.06. The molecule has 0 aliphatic heterocycles. The highest BCUT2D eigenvalue weighted by molar-refractivity contribution is 5.29. The minimum Gasteiger partial charge on any atom is -0.494 e. The quantitative estimate of drug-likeness (QED) is 0.866. The number of ether oxygens (including phenoxy) is 1. The van der Waals surface area contributed by atoms with Gasteiger partial charge in [0.25, 0.3) is 0 Å². The number of aliphatic hydroxyl groups is 1. The maximum absolute atomic E-state index is 13.1. The zero-order valence-corrected chi connectivity index (χ0v) is 11.6. The van der Waals surface area contributed by atoms with Crippen LogP contribution in [-0.4, -0.2) is 11.7 Å². The fraction of sp³-hybridized carbons (Fsp3) is 0.294. The van der Waals surface area contributed by atoms with E-state index < -0.39 is 6.10 Å². The van der Waals surface area contributed by atoms with Crippen LogP contribution in [0.2, 0.25) is 0 Å². The van der Waals surface area contributed by atoms with Gasteiger partial charge in [-0.05, 0) is 41.8 Å². The first kappa shape index (κ1) is 14.5. The first-order valence-electron chi connectivity index (χ1n) is 6.84. The highest BCUT2D eigenvalue weighted by Gasteiger charge is 2.09. The zero-order valence-electron chi connectivity index (χ0n) is 11.6. The molecule has 2 aromatic rings. The second-order valence-corrected chi connectivity index (χ2v) is 4.77. The van der Waals surface area contributed by atoms with Crippen molar-refractivity contribution < 1.29 is 14.2 Å². The van der Waals surface area contributed by atoms with Gasteiger partial charge >= 0.3 is 0 Å². The van der Waals surface area contributed by atoms with E-state index in [9.17, 15) is 9.50 Å². The van der Waals surface area contributed by atoms with E-state index in [4.69, 9.17) is 4.74 Å². The number of hydrogen-bond donors (Lipinski definition) is 1.